The number of carbonyl (C=O) groups is 1. The summed E-state index contributed by atoms with van der Waals surface area (Å²) in [5.41, 5.74) is 2.85. The smallest absolute Gasteiger partial charge is 0.337 e. The average Bonchev–Trinajstić information content (AvgIpc) is 2.71. The van der Waals surface area contributed by atoms with Crippen LogP contribution in [0.25, 0.3) is 0 Å². The molecule has 0 saturated carbocycles. The van der Waals surface area contributed by atoms with Crippen LogP contribution in [0.2, 0.25) is 0 Å². The minimum Gasteiger partial charge on any atom is -0.508 e. The van der Waals surface area contributed by atoms with Crippen molar-refractivity contribution >= 4 is 5.97 Å². The quantitative estimate of drug-likeness (QED) is 0.756. The molecule has 27 heavy (non-hydrogen) atoms. The highest BCUT2D eigenvalue weighted by Crippen LogP contribution is 2.20. The van der Waals surface area contributed by atoms with E-state index >= 15 is 0 Å². The molecule has 1 N–H and O–H groups in total. The zero-order chi connectivity index (χ0) is 19.1. The molecule has 5 nitrogen and oxygen atoms in total. The molecule has 0 aromatic heterocycles. The molecule has 1 fully saturated rings. The first-order chi connectivity index (χ1) is 13.1. The standard InChI is InChI=1S/C22H27NO4/c1-26-22(25)20-6-2-18(3-7-20)15-27-16-19-10-12-23(13-11-19)14-17-4-8-21(24)9-5-17/h2-9,19,24H,10-16H2,1H3. The van der Waals surface area contributed by atoms with Gasteiger partial charge < -0.3 is 14.6 Å². The molecule has 144 valence electrons. The van der Waals surface area contributed by atoms with Gasteiger partial charge in [0.25, 0.3) is 0 Å². The van der Waals surface area contributed by atoms with Gasteiger partial charge in [-0.3, -0.25) is 4.90 Å². The molecule has 0 bridgehead atoms. The molecule has 0 aliphatic carbocycles. The molecule has 2 aromatic carbocycles. The minimum atomic E-state index is -0.318. The lowest BCUT2D eigenvalue weighted by atomic mass is 9.97. The molecule has 5 heteroatoms. The van der Waals surface area contributed by atoms with E-state index < -0.39 is 0 Å². The van der Waals surface area contributed by atoms with Gasteiger partial charge in [-0.15, -0.1) is 0 Å². The zero-order valence-electron chi connectivity index (χ0n) is 15.8. The van der Waals surface area contributed by atoms with Crippen LogP contribution in [0.4, 0.5) is 0 Å². The number of hydrogen-bond donors (Lipinski definition) is 1. The van der Waals surface area contributed by atoms with E-state index in [1.54, 1.807) is 24.3 Å². The van der Waals surface area contributed by atoms with Crippen molar-refractivity contribution in [3.05, 3.63) is 65.2 Å². The third kappa shape index (κ3) is 5.81. The summed E-state index contributed by atoms with van der Waals surface area (Å²) in [6, 6.07) is 14.8. The minimum absolute atomic E-state index is 0.314. The van der Waals surface area contributed by atoms with E-state index in [1.165, 1.54) is 12.7 Å². The third-order valence-electron chi connectivity index (χ3n) is 5.05. The van der Waals surface area contributed by atoms with E-state index in [0.717, 1.165) is 44.6 Å². The van der Waals surface area contributed by atoms with Gasteiger partial charge in [0.15, 0.2) is 0 Å². The number of rotatable bonds is 7. The zero-order valence-corrected chi connectivity index (χ0v) is 15.8. The third-order valence-corrected chi connectivity index (χ3v) is 5.05. The highest BCUT2D eigenvalue weighted by Gasteiger charge is 2.19. The number of hydrogen-bond acceptors (Lipinski definition) is 5. The second-order valence-electron chi connectivity index (χ2n) is 7.09. The first-order valence-electron chi connectivity index (χ1n) is 9.39. The normalized spacial score (nSPS) is 15.6. The van der Waals surface area contributed by atoms with Crippen molar-refractivity contribution in [1.82, 2.24) is 4.90 Å². The average molecular weight is 369 g/mol. The van der Waals surface area contributed by atoms with E-state index in [-0.39, 0.29) is 5.97 Å². The second kappa shape index (κ2) is 9.53. The number of nitrogens with zero attached hydrogens (tertiary/aromatic N) is 1. The highest BCUT2D eigenvalue weighted by atomic mass is 16.5. The molecular weight excluding hydrogens is 342 g/mol. The predicted octanol–water partition coefficient (Wildman–Crippen LogP) is 3.61. The lowest BCUT2D eigenvalue weighted by molar-refractivity contribution is 0.0560. The number of phenols is 1. The van der Waals surface area contributed by atoms with Gasteiger partial charge >= 0.3 is 5.97 Å². The van der Waals surface area contributed by atoms with Crippen molar-refractivity contribution in [3.8, 4) is 5.75 Å². The first kappa shape index (κ1) is 19.4. The number of benzene rings is 2. The Labute approximate surface area is 160 Å². The molecule has 1 aliphatic heterocycles. The van der Waals surface area contributed by atoms with Crippen LogP contribution in [0, 0.1) is 5.92 Å². The van der Waals surface area contributed by atoms with E-state index in [1.807, 2.05) is 24.3 Å². The van der Waals surface area contributed by atoms with E-state index in [2.05, 4.69) is 4.90 Å². The fourth-order valence-electron chi connectivity index (χ4n) is 3.37. The van der Waals surface area contributed by atoms with Crippen molar-refractivity contribution in [2.45, 2.75) is 26.0 Å². The Morgan fingerprint density at radius 1 is 1.04 bits per heavy atom. The van der Waals surface area contributed by atoms with Crippen LogP contribution in [0.5, 0.6) is 5.75 Å². The number of carbonyl (C=O) groups excluding carboxylic acids is 1. The lowest BCUT2D eigenvalue weighted by Gasteiger charge is -2.31. The summed E-state index contributed by atoms with van der Waals surface area (Å²) in [4.78, 5) is 13.9. The van der Waals surface area contributed by atoms with Gasteiger partial charge in [-0.2, -0.15) is 0 Å². The molecular formula is C22H27NO4. The van der Waals surface area contributed by atoms with Gasteiger partial charge in [-0.1, -0.05) is 24.3 Å². The Bertz CT molecular complexity index is 719. The highest BCUT2D eigenvalue weighted by molar-refractivity contribution is 5.89. The molecule has 0 spiro atoms. The number of phenolic OH excluding ortho intramolecular Hbond substituents is 1. The van der Waals surface area contributed by atoms with E-state index in [9.17, 15) is 9.90 Å². The van der Waals surface area contributed by atoms with Crippen LogP contribution < -0.4 is 0 Å². The van der Waals surface area contributed by atoms with Crippen LogP contribution in [0.1, 0.15) is 34.3 Å². The molecule has 2 aromatic rings. The maximum atomic E-state index is 11.4. The van der Waals surface area contributed by atoms with Gasteiger partial charge in [-0.25, -0.2) is 4.79 Å². The van der Waals surface area contributed by atoms with Gasteiger partial charge in [-0.05, 0) is 67.2 Å². The summed E-state index contributed by atoms with van der Waals surface area (Å²) in [6.07, 6.45) is 2.28. The first-order valence-corrected chi connectivity index (χ1v) is 9.39. The van der Waals surface area contributed by atoms with Gasteiger partial charge in [0.2, 0.25) is 0 Å². The summed E-state index contributed by atoms with van der Waals surface area (Å²) in [5.74, 6) is 0.589. The van der Waals surface area contributed by atoms with E-state index in [4.69, 9.17) is 9.47 Å². The lowest BCUT2D eigenvalue weighted by Crippen LogP contribution is -2.34. The number of piperidine rings is 1. The number of methoxy groups -OCH3 is 1. The molecule has 0 atom stereocenters. The maximum Gasteiger partial charge on any atom is 0.337 e. The Morgan fingerprint density at radius 3 is 2.30 bits per heavy atom. The van der Waals surface area contributed by atoms with Gasteiger partial charge in [0, 0.05) is 13.2 Å². The SMILES string of the molecule is COC(=O)c1ccc(COCC2CCN(Cc3ccc(O)cc3)CC2)cc1. The molecule has 1 heterocycles. The molecule has 0 unspecified atom stereocenters. The van der Waals surface area contributed by atoms with Crippen LogP contribution in [0.15, 0.2) is 48.5 Å². The molecule has 1 aliphatic rings. The van der Waals surface area contributed by atoms with Crippen molar-refractivity contribution in [1.29, 1.82) is 0 Å². The topological polar surface area (TPSA) is 59.0 Å². The summed E-state index contributed by atoms with van der Waals surface area (Å²) < 4.78 is 10.6. The van der Waals surface area contributed by atoms with Crippen molar-refractivity contribution in [2.75, 3.05) is 26.8 Å². The van der Waals surface area contributed by atoms with Crippen molar-refractivity contribution in [2.24, 2.45) is 5.92 Å². The fraction of sp³-hybridized carbons (Fsp3) is 0.409. The van der Waals surface area contributed by atoms with Gasteiger partial charge in [0.05, 0.1) is 19.3 Å². The fourth-order valence-corrected chi connectivity index (χ4v) is 3.37. The Kier molecular flexibility index (Phi) is 6.85. The number of aromatic hydroxyl groups is 1. The Morgan fingerprint density at radius 2 is 1.67 bits per heavy atom. The van der Waals surface area contributed by atoms with E-state index in [0.29, 0.717) is 23.8 Å². The van der Waals surface area contributed by atoms with Crippen molar-refractivity contribution in [3.63, 3.8) is 0 Å². The molecule has 1 saturated heterocycles. The monoisotopic (exact) mass is 369 g/mol. The van der Waals surface area contributed by atoms with Crippen LogP contribution in [-0.2, 0) is 22.6 Å². The van der Waals surface area contributed by atoms with Crippen molar-refractivity contribution < 1.29 is 19.4 Å². The number of esters is 1. The predicted molar refractivity (Wildman–Crippen MR) is 104 cm³/mol. The number of ether oxygens (including phenoxy) is 2. The molecule has 3 rings (SSSR count). The summed E-state index contributed by atoms with van der Waals surface area (Å²) >= 11 is 0. The molecule has 0 amide bonds. The molecule has 0 radical (unpaired) electrons. The van der Waals surface area contributed by atoms with Gasteiger partial charge in [0.1, 0.15) is 5.75 Å². The second-order valence-corrected chi connectivity index (χ2v) is 7.09. The maximum absolute atomic E-state index is 11.4. The van der Waals surface area contributed by atoms with Crippen LogP contribution in [0.3, 0.4) is 0 Å². The van der Waals surface area contributed by atoms with Crippen LogP contribution in [-0.4, -0.2) is 42.8 Å². The Balaban J connectivity index is 1.36. The summed E-state index contributed by atoms with van der Waals surface area (Å²) in [7, 11) is 1.38. The largest absolute Gasteiger partial charge is 0.508 e. The number of likely N-dealkylation sites (tertiary alicyclic amines) is 1. The summed E-state index contributed by atoms with van der Waals surface area (Å²) in [6.45, 7) is 4.41. The van der Waals surface area contributed by atoms with Crippen LogP contribution >= 0.6 is 0 Å². The Hall–Kier alpha value is -2.37. The summed E-state index contributed by atoms with van der Waals surface area (Å²) in [5, 5.41) is 9.36.